The van der Waals surface area contributed by atoms with Crippen LogP contribution in [0.1, 0.15) is 0 Å². The SMILES string of the molecule is C=CC(O)Oc1ccc(-c2cc(=O)c3cc(O)ccc3o2)cc1. The van der Waals surface area contributed by atoms with Crippen molar-refractivity contribution < 1.29 is 19.4 Å². The zero-order valence-corrected chi connectivity index (χ0v) is 12.1. The highest BCUT2D eigenvalue weighted by Gasteiger charge is 2.08. The first-order valence-corrected chi connectivity index (χ1v) is 6.91. The average molecular weight is 310 g/mol. The monoisotopic (exact) mass is 310 g/mol. The molecule has 0 aliphatic carbocycles. The number of phenolic OH excluding ortho intramolecular Hbond substituents is 1. The van der Waals surface area contributed by atoms with E-state index in [-0.39, 0.29) is 11.2 Å². The van der Waals surface area contributed by atoms with Crippen molar-refractivity contribution in [2.45, 2.75) is 6.29 Å². The molecule has 1 aromatic heterocycles. The van der Waals surface area contributed by atoms with Gasteiger partial charge in [0.15, 0.2) is 5.43 Å². The largest absolute Gasteiger partial charge is 0.508 e. The average Bonchev–Trinajstić information content (AvgIpc) is 2.56. The molecule has 2 aromatic carbocycles. The van der Waals surface area contributed by atoms with Gasteiger partial charge in [-0.15, -0.1) is 0 Å². The molecule has 0 aliphatic heterocycles. The van der Waals surface area contributed by atoms with Gasteiger partial charge >= 0.3 is 0 Å². The molecule has 1 atom stereocenters. The van der Waals surface area contributed by atoms with Crippen LogP contribution in [0.2, 0.25) is 0 Å². The molecule has 0 aliphatic rings. The number of hydrogen-bond donors (Lipinski definition) is 2. The Kier molecular flexibility index (Phi) is 3.87. The van der Waals surface area contributed by atoms with Crippen LogP contribution in [-0.2, 0) is 0 Å². The summed E-state index contributed by atoms with van der Waals surface area (Å²) >= 11 is 0. The fourth-order valence-electron chi connectivity index (χ4n) is 2.17. The lowest BCUT2D eigenvalue weighted by Gasteiger charge is -2.09. The van der Waals surface area contributed by atoms with E-state index in [1.54, 1.807) is 30.3 Å². The van der Waals surface area contributed by atoms with Crippen LogP contribution in [0.5, 0.6) is 11.5 Å². The highest BCUT2D eigenvalue weighted by atomic mass is 16.6. The van der Waals surface area contributed by atoms with Crippen molar-refractivity contribution in [1.82, 2.24) is 0 Å². The normalized spacial score (nSPS) is 12.0. The summed E-state index contributed by atoms with van der Waals surface area (Å²) < 4.78 is 10.9. The Morgan fingerprint density at radius 1 is 1.13 bits per heavy atom. The molecular weight excluding hydrogens is 296 g/mol. The molecule has 5 nitrogen and oxygen atoms in total. The first-order chi connectivity index (χ1) is 11.1. The van der Waals surface area contributed by atoms with E-state index in [1.807, 2.05) is 0 Å². The van der Waals surface area contributed by atoms with Gasteiger partial charge in [-0.3, -0.25) is 4.79 Å². The predicted molar refractivity (Wildman–Crippen MR) is 86.4 cm³/mol. The van der Waals surface area contributed by atoms with Crippen LogP contribution in [0.25, 0.3) is 22.3 Å². The summed E-state index contributed by atoms with van der Waals surface area (Å²) in [6.45, 7) is 3.42. The number of aliphatic hydroxyl groups is 1. The van der Waals surface area contributed by atoms with Crippen molar-refractivity contribution in [2.24, 2.45) is 0 Å². The third kappa shape index (κ3) is 3.09. The topological polar surface area (TPSA) is 79.9 Å². The summed E-state index contributed by atoms with van der Waals surface area (Å²) in [7, 11) is 0. The van der Waals surface area contributed by atoms with Crippen molar-refractivity contribution >= 4 is 11.0 Å². The molecule has 0 saturated carbocycles. The van der Waals surface area contributed by atoms with E-state index >= 15 is 0 Å². The maximum Gasteiger partial charge on any atom is 0.216 e. The van der Waals surface area contributed by atoms with Crippen molar-refractivity contribution in [3.63, 3.8) is 0 Å². The number of aliphatic hydroxyl groups excluding tert-OH is 1. The number of rotatable bonds is 4. The molecule has 3 rings (SSSR count). The van der Waals surface area contributed by atoms with E-state index in [0.717, 1.165) is 0 Å². The summed E-state index contributed by atoms with van der Waals surface area (Å²) in [6, 6.07) is 12.5. The molecule has 0 bridgehead atoms. The van der Waals surface area contributed by atoms with E-state index in [4.69, 9.17) is 9.15 Å². The number of ether oxygens (including phenoxy) is 1. The van der Waals surface area contributed by atoms with Crippen LogP contribution in [-0.4, -0.2) is 16.5 Å². The van der Waals surface area contributed by atoms with Gasteiger partial charge in [0, 0.05) is 11.6 Å². The summed E-state index contributed by atoms with van der Waals surface area (Å²) in [5.41, 5.74) is 0.852. The van der Waals surface area contributed by atoms with Crippen LogP contribution in [0.4, 0.5) is 0 Å². The van der Waals surface area contributed by atoms with E-state index in [9.17, 15) is 15.0 Å². The predicted octanol–water partition coefficient (Wildman–Crippen LogP) is 3.05. The van der Waals surface area contributed by atoms with E-state index in [0.29, 0.717) is 28.0 Å². The first kappa shape index (κ1) is 14.9. The van der Waals surface area contributed by atoms with Crippen LogP contribution < -0.4 is 10.2 Å². The minimum Gasteiger partial charge on any atom is -0.508 e. The highest BCUT2D eigenvalue weighted by Crippen LogP contribution is 2.26. The van der Waals surface area contributed by atoms with Gasteiger partial charge in [0.1, 0.15) is 22.8 Å². The van der Waals surface area contributed by atoms with Crippen LogP contribution in [0, 0.1) is 0 Å². The Labute approximate surface area is 131 Å². The smallest absolute Gasteiger partial charge is 0.216 e. The second-order valence-electron chi connectivity index (χ2n) is 4.92. The minimum absolute atomic E-state index is 0.0137. The molecule has 1 heterocycles. The number of fused-ring (bicyclic) bond motifs is 1. The Hall–Kier alpha value is -3.05. The van der Waals surface area contributed by atoms with Crippen molar-refractivity contribution in [3.8, 4) is 22.8 Å². The van der Waals surface area contributed by atoms with E-state index in [1.165, 1.54) is 24.3 Å². The molecule has 0 radical (unpaired) electrons. The maximum absolute atomic E-state index is 12.1. The standard InChI is InChI=1S/C18H14O5/c1-2-18(21)22-13-6-3-11(4-7-13)17-10-15(20)14-9-12(19)5-8-16(14)23-17/h2-10,18-19,21H,1H2. The quantitative estimate of drug-likeness (QED) is 0.572. The van der Waals surface area contributed by atoms with E-state index in [2.05, 4.69) is 6.58 Å². The fraction of sp³-hybridized carbons (Fsp3) is 0.0556. The van der Waals surface area contributed by atoms with Gasteiger partial charge in [0.2, 0.25) is 6.29 Å². The van der Waals surface area contributed by atoms with Crippen LogP contribution >= 0.6 is 0 Å². The second kappa shape index (κ2) is 5.98. The molecule has 1 unspecified atom stereocenters. The summed E-state index contributed by atoms with van der Waals surface area (Å²) in [5.74, 6) is 0.887. The molecule has 0 spiro atoms. The molecular formula is C18H14O5. The molecule has 0 fully saturated rings. The summed E-state index contributed by atoms with van der Waals surface area (Å²) in [4.78, 5) is 12.1. The van der Waals surface area contributed by atoms with Gasteiger partial charge in [-0.1, -0.05) is 6.58 Å². The minimum atomic E-state index is -1.08. The molecule has 116 valence electrons. The van der Waals surface area contributed by atoms with Crippen LogP contribution in [0.15, 0.2) is 70.4 Å². The lowest BCUT2D eigenvalue weighted by atomic mass is 10.1. The third-order valence-electron chi connectivity index (χ3n) is 3.31. The van der Waals surface area contributed by atoms with E-state index < -0.39 is 6.29 Å². The zero-order valence-electron chi connectivity index (χ0n) is 12.1. The van der Waals surface area contributed by atoms with Gasteiger partial charge in [-0.05, 0) is 48.5 Å². The number of aromatic hydroxyl groups is 1. The summed E-state index contributed by atoms with van der Waals surface area (Å²) in [6.07, 6.45) is 0.193. The maximum atomic E-state index is 12.1. The van der Waals surface area contributed by atoms with Gasteiger partial charge in [-0.25, -0.2) is 0 Å². The van der Waals surface area contributed by atoms with Gasteiger partial charge in [0.05, 0.1) is 5.39 Å². The summed E-state index contributed by atoms with van der Waals surface area (Å²) in [5, 5.41) is 19.1. The lowest BCUT2D eigenvalue weighted by molar-refractivity contribution is 0.0251. The third-order valence-corrected chi connectivity index (χ3v) is 3.31. The molecule has 5 heteroatoms. The molecule has 23 heavy (non-hydrogen) atoms. The van der Waals surface area contributed by atoms with Crippen molar-refractivity contribution in [3.05, 3.63) is 71.4 Å². The van der Waals surface area contributed by atoms with Gasteiger partial charge in [0.25, 0.3) is 0 Å². The Morgan fingerprint density at radius 2 is 1.87 bits per heavy atom. The highest BCUT2D eigenvalue weighted by molar-refractivity contribution is 5.80. The molecule has 0 amide bonds. The van der Waals surface area contributed by atoms with Crippen molar-refractivity contribution in [2.75, 3.05) is 0 Å². The fourth-order valence-corrected chi connectivity index (χ4v) is 2.17. The zero-order chi connectivity index (χ0) is 16.4. The Morgan fingerprint density at radius 3 is 2.57 bits per heavy atom. The Bertz CT molecular complexity index is 909. The van der Waals surface area contributed by atoms with Gasteiger partial charge in [-0.2, -0.15) is 0 Å². The number of phenols is 1. The van der Waals surface area contributed by atoms with Crippen LogP contribution in [0.3, 0.4) is 0 Å². The number of benzene rings is 2. The first-order valence-electron chi connectivity index (χ1n) is 6.91. The molecule has 2 N–H and O–H groups in total. The molecule has 0 saturated heterocycles. The number of hydrogen-bond acceptors (Lipinski definition) is 5. The van der Waals surface area contributed by atoms with Gasteiger partial charge < -0.3 is 19.4 Å². The van der Waals surface area contributed by atoms with Crippen molar-refractivity contribution in [1.29, 1.82) is 0 Å². The lowest BCUT2D eigenvalue weighted by Crippen LogP contribution is -2.10. The molecule has 3 aromatic rings. The Balaban J connectivity index is 1.98. The second-order valence-corrected chi connectivity index (χ2v) is 4.92.